The van der Waals surface area contributed by atoms with Crippen molar-refractivity contribution in [3.05, 3.63) is 66.2 Å². The van der Waals surface area contributed by atoms with Gasteiger partial charge in [0.1, 0.15) is 0 Å². The standard InChI is InChI=1S/C23H21N3O3S2/c1-31(28,29)19-8-9-20-21(15-19)30-23(24-20)26-12-10-25(11-13-26)22(27)18-7-6-16-4-2-3-5-17(16)14-18/h2-9,14-15H,10-13H2,1H3. The van der Waals surface area contributed by atoms with Crippen molar-refractivity contribution in [3.8, 4) is 0 Å². The van der Waals surface area contributed by atoms with E-state index in [1.54, 1.807) is 18.2 Å². The molecule has 31 heavy (non-hydrogen) atoms. The van der Waals surface area contributed by atoms with Crippen LogP contribution in [0.5, 0.6) is 0 Å². The fourth-order valence-electron chi connectivity index (χ4n) is 3.86. The minimum atomic E-state index is -3.25. The first-order valence-electron chi connectivity index (χ1n) is 10.0. The summed E-state index contributed by atoms with van der Waals surface area (Å²) in [6, 6.07) is 18.9. The molecule has 0 unspecified atom stereocenters. The van der Waals surface area contributed by atoms with Crippen molar-refractivity contribution in [3.63, 3.8) is 0 Å². The molecule has 158 valence electrons. The lowest BCUT2D eigenvalue weighted by Crippen LogP contribution is -2.48. The molecule has 1 aliphatic rings. The van der Waals surface area contributed by atoms with Gasteiger partial charge < -0.3 is 9.80 Å². The zero-order chi connectivity index (χ0) is 21.6. The summed E-state index contributed by atoms with van der Waals surface area (Å²) < 4.78 is 24.5. The monoisotopic (exact) mass is 451 g/mol. The number of rotatable bonds is 3. The van der Waals surface area contributed by atoms with Gasteiger partial charge in [-0.3, -0.25) is 4.79 Å². The summed E-state index contributed by atoms with van der Waals surface area (Å²) in [7, 11) is -3.25. The summed E-state index contributed by atoms with van der Waals surface area (Å²) in [4.78, 5) is 22.0. The third-order valence-corrected chi connectivity index (χ3v) is 7.80. The lowest BCUT2D eigenvalue weighted by molar-refractivity contribution is 0.0747. The van der Waals surface area contributed by atoms with Gasteiger partial charge in [-0.05, 0) is 41.1 Å². The van der Waals surface area contributed by atoms with Crippen LogP contribution in [0.1, 0.15) is 10.4 Å². The first-order valence-corrected chi connectivity index (χ1v) is 12.7. The number of sulfone groups is 1. The van der Waals surface area contributed by atoms with Crippen LogP contribution in [0.15, 0.2) is 65.6 Å². The van der Waals surface area contributed by atoms with E-state index in [4.69, 9.17) is 0 Å². The maximum absolute atomic E-state index is 13.0. The van der Waals surface area contributed by atoms with Crippen molar-refractivity contribution < 1.29 is 13.2 Å². The smallest absolute Gasteiger partial charge is 0.253 e. The van der Waals surface area contributed by atoms with E-state index in [1.165, 1.54) is 17.6 Å². The van der Waals surface area contributed by atoms with Crippen LogP contribution < -0.4 is 4.90 Å². The molecule has 4 aromatic rings. The van der Waals surface area contributed by atoms with E-state index in [1.807, 2.05) is 47.4 Å². The molecule has 0 spiro atoms. The van der Waals surface area contributed by atoms with E-state index in [0.717, 1.165) is 26.1 Å². The van der Waals surface area contributed by atoms with Gasteiger partial charge in [-0.1, -0.05) is 41.7 Å². The summed E-state index contributed by atoms with van der Waals surface area (Å²) in [5.41, 5.74) is 1.50. The SMILES string of the molecule is CS(=O)(=O)c1ccc2nc(N3CCN(C(=O)c4ccc5ccccc5c4)CC3)sc2c1. The van der Waals surface area contributed by atoms with Crippen LogP contribution in [-0.2, 0) is 9.84 Å². The third-order valence-electron chi connectivity index (χ3n) is 5.61. The van der Waals surface area contributed by atoms with Gasteiger partial charge in [-0.15, -0.1) is 0 Å². The molecule has 1 amide bonds. The minimum Gasteiger partial charge on any atom is -0.345 e. The highest BCUT2D eigenvalue weighted by atomic mass is 32.2. The van der Waals surface area contributed by atoms with Gasteiger partial charge in [-0.2, -0.15) is 0 Å². The number of anilines is 1. The van der Waals surface area contributed by atoms with Crippen LogP contribution in [0.25, 0.3) is 21.0 Å². The van der Waals surface area contributed by atoms with Gasteiger partial charge >= 0.3 is 0 Å². The van der Waals surface area contributed by atoms with Crippen LogP contribution in [0.4, 0.5) is 5.13 Å². The normalized spacial score (nSPS) is 15.0. The molecule has 3 aromatic carbocycles. The second-order valence-corrected chi connectivity index (χ2v) is 10.8. The average molecular weight is 452 g/mol. The van der Waals surface area contributed by atoms with Crippen molar-refractivity contribution in [1.82, 2.24) is 9.88 Å². The molecule has 8 heteroatoms. The lowest BCUT2D eigenvalue weighted by atomic mass is 10.1. The molecular weight excluding hydrogens is 430 g/mol. The molecule has 1 saturated heterocycles. The van der Waals surface area contributed by atoms with Crippen LogP contribution in [0.3, 0.4) is 0 Å². The zero-order valence-corrected chi connectivity index (χ0v) is 18.6. The Labute approximate surface area is 184 Å². The number of thiazole rings is 1. The molecule has 0 aliphatic carbocycles. The number of carbonyl (C=O) groups is 1. The van der Waals surface area contributed by atoms with E-state index in [9.17, 15) is 13.2 Å². The number of nitrogens with zero attached hydrogens (tertiary/aromatic N) is 3. The predicted octanol–water partition coefficient (Wildman–Crippen LogP) is 3.82. The fraction of sp³-hybridized carbons (Fsp3) is 0.217. The number of carbonyl (C=O) groups excluding carboxylic acids is 1. The largest absolute Gasteiger partial charge is 0.345 e. The number of piperazine rings is 1. The molecule has 2 heterocycles. The maximum atomic E-state index is 13.0. The van der Waals surface area contributed by atoms with Crippen LogP contribution in [-0.4, -0.2) is 56.6 Å². The minimum absolute atomic E-state index is 0.0486. The summed E-state index contributed by atoms with van der Waals surface area (Å²) in [6.07, 6.45) is 1.21. The number of hydrogen-bond donors (Lipinski definition) is 0. The van der Waals surface area contributed by atoms with Gasteiger partial charge in [0, 0.05) is 38.0 Å². The molecule has 5 rings (SSSR count). The third kappa shape index (κ3) is 3.88. The van der Waals surface area contributed by atoms with Gasteiger partial charge in [0.2, 0.25) is 0 Å². The van der Waals surface area contributed by atoms with Crippen molar-refractivity contribution in [1.29, 1.82) is 0 Å². The second kappa shape index (κ2) is 7.62. The van der Waals surface area contributed by atoms with Gasteiger partial charge in [0.25, 0.3) is 5.91 Å². The van der Waals surface area contributed by atoms with Crippen molar-refractivity contribution in [2.45, 2.75) is 4.90 Å². The summed E-state index contributed by atoms with van der Waals surface area (Å²) >= 11 is 1.49. The molecule has 0 N–H and O–H groups in total. The summed E-state index contributed by atoms with van der Waals surface area (Å²) in [6.45, 7) is 2.63. The molecule has 6 nitrogen and oxygen atoms in total. The summed E-state index contributed by atoms with van der Waals surface area (Å²) in [5.74, 6) is 0.0486. The average Bonchev–Trinajstić information content (AvgIpc) is 3.21. The molecular formula is C23H21N3O3S2. The Morgan fingerprint density at radius 3 is 2.42 bits per heavy atom. The Morgan fingerprint density at radius 1 is 0.935 bits per heavy atom. The quantitative estimate of drug-likeness (QED) is 0.474. The number of fused-ring (bicyclic) bond motifs is 2. The van der Waals surface area contributed by atoms with Crippen molar-refractivity contribution >= 4 is 53.2 Å². The number of aromatic nitrogens is 1. The van der Waals surface area contributed by atoms with E-state index in [2.05, 4.69) is 9.88 Å². The Balaban J connectivity index is 1.31. The Bertz CT molecular complexity index is 1400. The number of amides is 1. The molecule has 0 bridgehead atoms. The van der Waals surface area contributed by atoms with E-state index < -0.39 is 9.84 Å². The highest BCUT2D eigenvalue weighted by Gasteiger charge is 2.24. The Hall–Kier alpha value is -2.97. The lowest BCUT2D eigenvalue weighted by Gasteiger charge is -2.34. The summed E-state index contributed by atoms with van der Waals surface area (Å²) in [5, 5.41) is 3.05. The topological polar surface area (TPSA) is 70.6 Å². The molecule has 1 aromatic heterocycles. The molecule has 0 saturated carbocycles. The second-order valence-electron chi connectivity index (χ2n) is 7.74. The number of benzene rings is 3. The van der Waals surface area contributed by atoms with Gasteiger partial charge in [0.15, 0.2) is 15.0 Å². The first-order chi connectivity index (χ1) is 14.9. The van der Waals surface area contributed by atoms with Crippen LogP contribution >= 0.6 is 11.3 Å². The fourth-order valence-corrected chi connectivity index (χ4v) is 5.64. The van der Waals surface area contributed by atoms with E-state index in [-0.39, 0.29) is 5.91 Å². The first kappa shape index (κ1) is 20.0. The van der Waals surface area contributed by atoms with Crippen molar-refractivity contribution in [2.24, 2.45) is 0 Å². The maximum Gasteiger partial charge on any atom is 0.253 e. The van der Waals surface area contributed by atoms with Crippen LogP contribution in [0, 0.1) is 0 Å². The molecule has 0 atom stereocenters. The van der Waals surface area contributed by atoms with E-state index >= 15 is 0 Å². The molecule has 1 aliphatic heterocycles. The van der Waals surface area contributed by atoms with Gasteiger partial charge in [-0.25, -0.2) is 13.4 Å². The Morgan fingerprint density at radius 2 is 1.68 bits per heavy atom. The zero-order valence-electron chi connectivity index (χ0n) is 17.0. The predicted molar refractivity (Wildman–Crippen MR) is 125 cm³/mol. The van der Waals surface area contributed by atoms with Crippen LogP contribution in [0.2, 0.25) is 0 Å². The Kier molecular flexibility index (Phi) is 4.91. The van der Waals surface area contributed by atoms with E-state index in [0.29, 0.717) is 36.6 Å². The highest BCUT2D eigenvalue weighted by Crippen LogP contribution is 2.31. The molecule has 1 fully saturated rings. The van der Waals surface area contributed by atoms with Crippen molar-refractivity contribution in [2.75, 3.05) is 37.3 Å². The highest BCUT2D eigenvalue weighted by molar-refractivity contribution is 7.90. The number of hydrogen-bond acceptors (Lipinski definition) is 6. The molecule has 0 radical (unpaired) electrons. The van der Waals surface area contributed by atoms with Gasteiger partial charge in [0.05, 0.1) is 15.1 Å².